The Morgan fingerprint density at radius 3 is 2.41 bits per heavy atom. The molecule has 29 heavy (non-hydrogen) atoms. The molecule has 6 heteroatoms. The fourth-order valence-corrected chi connectivity index (χ4v) is 3.01. The van der Waals surface area contributed by atoms with Crippen molar-refractivity contribution in [2.75, 3.05) is 25.2 Å². The van der Waals surface area contributed by atoms with E-state index in [0.29, 0.717) is 12.8 Å². The van der Waals surface area contributed by atoms with E-state index in [1.54, 1.807) is 6.26 Å². The highest BCUT2D eigenvalue weighted by Gasteiger charge is 2.18. The van der Waals surface area contributed by atoms with E-state index < -0.39 is 0 Å². The van der Waals surface area contributed by atoms with Crippen molar-refractivity contribution in [3.05, 3.63) is 64.2 Å². The molecule has 0 fully saturated rings. The quantitative estimate of drug-likeness (QED) is 0.401. The van der Waals surface area contributed by atoms with Crippen molar-refractivity contribution in [3.63, 3.8) is 0 Å². The van der Waals surface area contributed by atoms with E-state index in [9.17, 15) is 9.90 Å². The summed E-state index contributed by atoms with van der Waals surface area (Å²) in [6.45, 7) is 5.02. The monoisotopic (exact) mass is 438 g/mol. The second-order valence-corrected chi connectivity index (χ2v) is 6.52. The van der Waals surface area contributed by atoms with Crippen LogP contribution >= 0.6 is 24.2 Å². The first-order chi connectivity index (χ1) is 14.1. The van der Waals surface area contributed by atoms with E-state index in [2.05, 4.69) is 41.5 Å². The van der Waals surface area contributed by atoms with Crippen molar-refractivity contribution in [2.45, 2.75) is 45.6 Å². The molecule has 1 aliphatic rings. The normalized spacial score (nSPS) is 13.8. The molecule has 0 saturated heterocycles. The van der Waals surface area contributed by atoms with Crippen LogP contribution in [-0.4, -0.2) is 37.5 Å². The number of likely N-dealkylation sites (N-methyl/N-ethyl adjacent to an activating group) is 1. The molecule has 0 aliphatic heterocycles. The molecule has 3 N–H and O–H groups in total. The van der Waals surface area contributed by atoms with E-state index in [1.165, 1.54) is 11.1 Å². The van der Waals surface area contributed by atoms with Gasteiger partial charge in [0.15, 0.2) is 0 Å². The maximum absolute atomic E-state index is 10.4. The molecular formula is C23H35ClN2O2S. The van der Waals surface area contributed by atoms with Crippen LogP contribution in [0, 0.1) is 0 Å². The van der Waals surface area contributed by atoms with Gasteiger partial charge in [0.05, 0.1) is 6.10 Å². The lowest BCUT2D eigenvalue weighted by atomic mass is 9.89. The predicted molar refractivity (Wildman–Crippen MR) is 130 cm³/mol. The third-order valence-electron chi connectivity index (χ3n) is 4.25. The molecule has 1 amide bonds. The van der Waals surface area contributed by atoms with Crippen molar-refractivity contribution in [2.24, 2.45) is 0 Å². The zero-order valence-corrected chi connectivity index (χ0v) is 19.6. The average Bonchev–Trinajstić information content (AvgIpc) is 2.77. The smallest absolute Gasteiger partial charge is 0.211 e. The Hall–Kier alpha value is -1.53. The van der Waals surface area contributed by atoms with Crippen molar-refractivity contribution < 1.29 is 9.90 Å². The molecule has 0 saturated carbocycles. The van der Waals surface area contributed by atoms with Gasteiger partial charge in [0.1, 0.15) is 0 Å². The molecule has 0 aromatic heterocycles. The van der Waals surface area contributed by atoms with Crippen molar-refractivity contribution in [1.82, 2.24) is 5.32 Å². The van der Waals surface area contributed by atoms with Gasteiger partial charge in [-0.1, -0.05) is 49.7 Å². The van der Waals surface area contributed by atoms with Gasteiger partial charge in [0, 0.05) is 17.1 Å². The minimum absolute atomic E-state index is 0.267. The van der Waals surface area contributed by atoms with E-state index in [1.807, 2.05) is 45.2 Å². The number of hydrogen-bond acceptors (Lipinski definition) is 4. The topological polar surface area (TPSA) is 61.4 Å². The highest BCUT2D eigenvalue weighted by molar-refractivity contribution is 7.79. The Morgan fingerprint density at radius 2 is 1.83 bits per heavy atom. The van der Waals surface area contributed by atoms with Gasteiger partial charge in [-0.3, -0.25) is 4.79 Å². The molecule has 3 rings (SSSR count). The Kier molecular flexibility index (Phi) is 16.4. The number of hydrogen-bond donors (Lipinski definition) is 4. The van der Waals surface area contributed by atoms with Gasteiger partial charge >= 0.3 is 0 Å². The molecule has 162 valence electrons. The molecule has 2 aromatic carbocycles. The highest BCUT2D eigenvalue weighted by atomic mass is 35.5. The molecule has 0 spiro atoms. The van der Waals surface area contributed by atoms with Gasteiger partial charge in [-0.2, -0.15) is 12.6 Å². The molecule has 4 nitrogen and oxygen atoms in total. The van der Waals surface area contributed by atoms with Crippen LogP contribution in [0.25, 0.3) is 0 Å². The Labute approximate surface area is 186 Å². The third-order valence-corrected chi connectivity index (χ3v) is 4.50. The summed E-state index contributed by atoms with van der Waals surface area (Å²) in [5.74, 6) is 0. The van der Waals surface area contributed by atoms with Gasteiger partial charge in [-0.25, -0.2) is 0 Å². The number of nitrogens with one attached hydrogen (secondary N) is 2. The van der Waals surface area contributed by atoms with Crippen LogP contribution in [0.2, 0.25) is 5.02 Å². The van der Waals surface area contributed by atoms with Crippen molar-refractivity contribution >= 4 is 36.3 Å². The zero-order chi connectivity index (χ0) is 22.1. The summed E-state index contributed by atoms with van der Waals surface area (Å²) in [6, 6.07) is 13.8. The maximum atomic E-state index is 10.4. The van der Waals surface area contributed by atoms with E-state index in [4.69, 9.17) is 11.6 Å². The third kappa shape index (κ3) is 10.7. The van der Waals surface area contributed by atoms with Crippen molar-refractivity contribution in [3.8, 4) is 0 Å². The summed E-state index contributed by atoms with van der Waals surface area (Å²) < 4.78 is 0. The number of aryl methyl sites for hydroxylation is 1. The first kappa shape index (κ1) is 27.5. The van der Waals surface area contributed by atoms with Crippen LogP contribution < -0.4 is 10.6 Å². The Bertz CT molecular complexity index is 681. The largest absolute Gasteiger partial charge is 0.393 e. The molecule has 0 radical (unpaired) electrons. The lowest BCUT2D eigenvalue weighted by Crippen LogP contribution is -2.19. The first-order valence-corrected chi connectivity index (χ1v) is 11.2. The summed E-state index contributed by atoms with van der Waals surface area (Å²) in [7, 11) is 1.95. The van der Waals surface area contributed by atoms with Gasteiger partial charge in [0.2, 0.25) is 6.41 Å². The second kappa shape index (κ2) is 17.3. The maximum Gasteiger partial charge on any atom is 0.211 e. The second-order valence-electron chi connectivity index (χ2n) is 6.08. The summed E-state index contributed by atoms with van der Waals surface area (Å²) in [4.78, 5) is 10.4. The first-order valence-electron chi connectivity index (χ1n) is 9.96. The predicted octanol–water partition coefficient (Wildman–Crippen LogP) is 4.78. The number of amides is 1. The van der Waals surface area contributed by atoms with Gasteiger partial charge in [-0.15, -0.1) is 0 Å². The summed E-state index contributed by atoms with van der Waals surface area (Å²) >= 11 is 9.26. The van der Waals surface area contributed by atoms with Crippen LogP contribution in [0.1, 0.15) is 37.0 Å². The molecule has 2 aromatic rings. The number of carbonyl (C=O) groups is 1. The summed E-state index contributed by atoms with van der Waals surface area (Å²) in [5, 5.41) is 16.1. The number of rotatable bonds is 5. The lowest BCUT2D eigenvalue weighted by Gasteiger charge is -2.22. The number of aliphatic hydroxyl groups is 1. The molecule has 1 unspecified atom stereocenters. The number of carbonyl (C=O) groups excluding carboxylic acids is 1. The van der Waals surface area contributed by atoms with Crippen LogP contribution in [0.5, 0.6) is 0 Å². The number of thiol groups is 1. The van der Waals surface area contributed by atoms with Crippen LogP contribution in [-0.2, 0) is 24.1 Å². The van der Waals surface area contributed by atoms with Crippen LogP contribution in [0.15, 0.2) is 42.5 Å². The Balaban J connectivity index is 0.000000472. The number of anilines is 1. The minimum Gasteiger partial charge on any atom is -0.393 e. The van der Waals surface area contributed by atoms with Crippen LogP contribution in [0.4, 0.5) is 5.69 Å². The fourth-order valence-electron chi connectivity index (χ4n) is 2.89. The lowest BCUT2D eigenvalue weighted by molar-refractivity contribution is -0.105. The fraction of sp³-hybridized carbons (Fsp3) is 0.435. The van der Waals surface area contributed by atoms with E-state index >= 15 is 0 Å². The van der Waals surface area contributed by atoms with Gasteiger partial charge in [0.25, 0.3) is 0 Å². The molecule has 1 atom stereocenters. The average molecular weight is 439 g/mol. The van der Waals surface area contributed by atoms with Crippen LogP contribution in [0.3, 0.4) is 0 Å². The number of benzene rings is 2. The summed E-state index contributed by atoms with van der Waals surface area (Å²) in [5.41, 5.74) is 4.47. The molecule has 0 heterocycles. The minimum atomic E-state index is -0.267. The van der Waals surface area contributed by atoms with Gasteiger partial charge in [-0.05, 0) is 74.0 Å². The zero-order valence-electron chi connectivity index (χ0n) is 17.9. The summed E-state index contributed by atoms with van der Waals surface area (Å²) in [6.07, 6.45) is 5.52. The van der Waals surface area contributed by atoms with Gasteiger partial charge < -0.3 is 15.7 Å². The Morgan fingerprint density at radius 1 is 1.17 bits per heavy atom. The molecule has 1 aliphatic carbocycles. The molecular weight excluding hydrogens is 404 g/mol. The van der Waals surface area contributed by atoms with E-state index in [-0.39, 0.29) is 6.10 Å². The SMILES string of the molecule is CC.CNCCc1ccc(Cl)cc1.CS.O=CNc1cccc2c1CC(O)CC2. The standard InChI is InChI=1S/C11H13NO2.C9H12ClN.C2H6.CH4S/c13-7-12-11-3-1-2-8-4-5-9(14)6-10(8)11;1-11-7-6-8-2-4-9(10)5-3-8;2*1-2/h1-3,7,9,14H,4-6H2,(H,12,13);2-5,11H,6-7H2,1H3;1-2H3;2H,1H3. The number of aliphatic hydroxyl groups excluding tert-OH is 1. The number of fused-ring (bicyclic) bond motifs is 1. The number of halogens is 1. The van der Waals surface area contributed by atoms with E-state index in [0.717, 1.165) is 42.1 Å². The molecule has 0 bridgehead atoms. The van der Waals surface area contributed by atoms with Crippen molar-refractivity contribution in [1.29, 1.82) is 0 Å². The highest BCUT2D eigenvalue weighted by Crippen LogP contribution is 2.27.